The number of ether oxygens (including phenoxy) is 1. The van der Waals surface area contributed by atoms with E-state index in [2.05, 4.69) is 5.32 Å². The highest BCUT2D eigenvalue weighted by Crippen LogP contribution is 2.13. The molecule has 130 valence electrons. The summed E-state index contributed by atoms with van der Waals surface area (Å²) in [5.41, 5.74) is 6.92. The van der Waals surface area contributed by atoms with Crippen LogP contribution in [-0.4, -0.2) is 24.6 Å². The van der Waals surface area contributed by atoms with Crippen LogP contribution in [0.25, 0.3) is 0 Å². The summed E-state index contributed by atoms with van der Waals surface area (Å²) in [5, 5.41) is 2.75. The number of carbonyl (C=O) groups excluding carboxylic acids is 1. The molecule has 1 unspecified atom stereocenters. The Labute approximate surface area is 147 Å². The minimum atomic E-state index is -0.612. The Kier molecular flexibility index (Phi) is 8.22. The molecule has 0 fully saturated rings. The molecular formula is C18H22ClFN2O2. The van der Waals surface area contributed by atoms with Crippen molar-refractivity contribution in [2.75, 3.05) is 6.54 Å². The average molecular weight is 353 g/mol. The number of nitrogens with one attached hydrogen (secondary N) is 1. The lowest BCUT2D eigenvalue weighted by molar-refractivity contribution is -0.122. The minimum absolute atomic E-state index is 0. The molecule has 0 aromatic heterocycles. The molecule has 6 heteroatoms. The molecule has 2 atom stereocenters. The van der Waals surface area contributed by atoms with Crippen LogP contribution in [0.3, 0.4) is 0 Å². The van der Waals surface area contributed by atoms with Gasteiger partial charge in [-0.3, -0.25) is 4.79 Å². The van der Waals surface area contributed by atoms with Crippen LogP contribution in [0.5, 0.6) is 5.75 Å². The Bertz CT molecular complexity index is 640. The minimum Gasteiger partial charge on any atom is -0.489 e. The van der Waals surface area contributed by atoms with Gasteiger partial charge in [0.25, 0.3) is 0 Å². The van der Waals surface area contributed by atoms with Crippen molar-refractivity contribution in [2.24, 2.45) is 5.73 Å². The molecule has 0 spiro atoms. The number of carbonyl (C=O) groups is 1. The molecule has 0 saturated carbocycles. The largest absolute Gasteiger partial charge is 0.489 e. The van der Waals surface area contributed by atoms with Crippen molar-refractivity contribution < 1.29 is 13.9 Å². The van der Waals surface area contributed by atoms with Crippen molar-refractivity contribution in [3.63, 3.8) is 0 Å². The third kappa shape index (κ3) is 6.56. The van der Waals surface area contributed by atoms with Crippen molar-refractivity contribution in [3.8, 4) is 5.75 Å². The maximum Gasteiger partial charge on any atom is 0.237 e. The van der Waals surface area contributed by atoms with Crippen LogP contribution in [0, 0.1) is 5.82 Å². The van der Waals surface area contributed by atoms with E-state index in [4.69, 9.17) is 10.5 Å². The highest BCUT2D eigenvalue weighted by molar-refractivity contribution is 5.85. The van der Waals surface area contributed by atoms with E-state index in [-0.39, 0.29) is 30.2 Å². The fourth-order valence-electron chi connectivity index (χ4n) is 2.15. The zero-order chi connectivity index (χ0) is 16.7. The summed E-state index contributed by atoms with van der Waals surface area (Å²) in [7, 11) is 0. The van der Waals surface area contributed by atoms with Crippen LogP contribution < -0.4 is 15.8 Å². The molecule has 0 aliphatic heterocycles. The smallest absolute Gasteiger partial charge is 0.237 e. The molecule has 0 aliphatic rings. The first-order valence-corrected chi connectivity index (χ1v) is 7.54. The van der Waals surface area contributed by atoms with Gasteiger partial charge in [-0.15, -0.1) is 12.4 Å². The second kappa shape index (κ2) is 9.90. The normalized spacial score (nSPS) is 12.6. The van der Waals surface area contributed by atoms with Crippen LogP contribution in [0.2, 0.25) is 0 Å². The highest BCUT2D eigenvalue weighted by Gasteiger charge is 2.15. The van der Waals surface area contributed by atoms with Gasteiger partial charge in [0.1, 0.15) is 17.7 Å². The van der Waals surface area contributed by atoms with E-state index in [1.807, 2.05) is 30.3 Å². The molecule has 2 aromatic carbocycles. The van der Waals surface area contributed by atoms with Gasteiger partial charge < -0.3 is 15.8 Å². The first-order valence-electron chi connectivity index (χ1n) is 7.54. The summed E-state index contributed by atoms with van der Waals surface area (Å²) in [4.78, 5) is 12.0. The van der Waals surface area contributed by atoms with Crippen molar-refractivity contribution in [1.82, 2.24) is 5.32 Å². The molecule has 24 heavy (non-hydrogen) atoms. The molecule has 0 bridgehead atoms. The van der Waals surface area contributed by atoms with Crippen LogP contribution in [-0.2, 0) is 11.2 Å². The number of halogens is 2. The molecule has 1 amide bonds. The number of benzene rings is 2. The second-order valence-corrected chi connectivity index (χ2v) is 5.43. The fourth-order valence-corrected chi connectivity index (χ4v) is 2.15. The van der Waals surface area contributed by atoms with Crippen molar-refractivity contribution >= 4 is 18.3 Å². The zero-order valence-electron chi connectivity index (χ0n) is 13.4. The number of amides is 1. The van der Waals surface area contributed by atoms with Gasteiger partial charge in [-0.05, 0) is 31.0 Å². The van der Waals surface area contributed by atoms with E-state index in [1.165, 1.54) is 12.1 Å². The van der Waals surface area contributed by atoms with E-state index in [9.17, 15) is 9.18 Å². The molecule has 4 nitrogen and oxygen atoms in total. The van der Waals surface area contributed by atoms with E-state index >= 15 is 0 Å². The Hall–Kier alpha value is -2.11. The van der Waals surface area contributed by atoms with Gasteiger partial charge in [0.05, 0.1) is 12.6 Å². The lowest BCUT2D eigenvalue weighted by Gasteiger charge is -2.17. The van der Waals surface area contributed by atoms with Gasteiger partial charge in [0.2, 0.25) is 5.91 Å². The van der Waals surface area contributed by atoms with E-state index < -0.39 is 6.04 Å². The summed E-state index contributed by atoms with van der Waals surface area (Å²) in [5.74, 6) is -0.160. The van der Waals surface area contributed by atoms with Gasteiger partial charge in [0.15, 0.2) is 0 Å². The number of hydrogen-bond acceptors (Lipinski definition) is 3. The number of hydrogen-bond donors (Lipinski definition) is 2. The third-order valence-corrected chi connectivity index (χ3v) is 3.33. The zero-order valence-corrected chi connectivity index (χ0v) is 14.3. The molecule has 0 aliphatic carbocycles. The van der Waals surface area contributed by atoms with Crippen molar-refractivity contribution in [2.45, 2.75) is 25.5 Å². The average Bonchev–Trinajstić information content (AvgIpc) is 2.53. The number of nitrogens with two attached hydrogens (primary N) is 1. The van der Waals surface area contributed by atoms with Gasteiger partial charge >= 0.3 is 0 Å². The van der Waals surface area contributed by atoms with Gasteiger partial charge in [0, 0.05) is 6.07 Å². The fraction of sp³-hybridized carbons (Fsp3) is 0.278. The quantitative estimate of drug-likeness (QED) is 0.805. The molecule has 0 saturated heterocycles. The summed E-state index contributed by atoms with van der Waals surface area (Å²) in [6.07, 6.45) is 0.191. The van der Waals surface area contributed by atoms with Crippen molar-refractivity contribution in [3.05, 3.63) is 66.0 Å². The van der Waals surface area contributed by atoms with Crippen LogP contribution in [0.4, 0.5) is 4.39 Å². The predicted molar refractivity (Wildman–Crippen MR) is 94.9 cm³/mol. The molecule has 0 heterocycles. The molecule has 0 radical (unpaired) electrons. The monoisotopic (exact) mass is 352 g/mol. The number of rotatable bonds is 7. The van der Waals surface area contributed by atoms with Gasteiger partial charge in [-0.2, -0.15) is 0 Å². The topological polar surface area (TPSA) is 64.4 Å². The van der Waals surface area contributed by atoms with Gasteiger partial charge in [-0.25, -0.2) is 4.39 Å². The molecular weight excluding hydrogens is 331 g/mol. The Morgan fingerprint density at radius 1 is 1.21 bits per heavy atom. The van der Waals surface area contributed by atoms with E-state index in [0.717, 1.165) is 5.56 Å². The summed E-state index contributed by atoms with van der Waals surface area (Å²) in [6, 6.07) is 14.9. The first kappa shape index (κ1) is 19.9. The summed E-state index contributed by atoms with van der Waals surface area (Å²) >= 11 is 0. The molecule has 2 aromatic rings. The second-order valence-electron chi connectivity index (χ2n) is 5.43. The lowest BCUT2D eigenvalue weighted by atomic mass is 10.1. The lowest BCUT2D eigenvalue weighted by Crippen LogP contribution is -2.45. The van der Waals surface area contributed by atoms with E-state index in [1.54, 1.807) is 19.1 Å². The molecule has 2 rings (SSSR count). The van der Waals surface area contributed by atoms with Crippen molar-refractivity contribution in [1.29, 1.82) is 0 Å². The van der Waals surface area contributed by atoms with E-state index in [0.29, 0.717) is 18.7 Å². The summed E-state index contributed by atoms with van der Waals surface area (Å²) in [6.45, 7) is 2.10. The third-order valence-electron chi connectivity index (χ3n) is 3.33. The molecule has 3 N–H and O–H groups in total. The van der Waals surface area contributed by atoms with Crippen LogP contribution >= 0.6 is 12.4 Å². The SMILES string of the molecule is CC(CNC(=O)[C@@H](N)Cc1ccccc1)Oc1cccc(F)c1.Cl. The standard InChI is InChI=1S/C18H21FN2O2.ClH/c1-13(23-16-9-5-8-15(19)11-16)12-21-18(22)17(20)10-14-6-3-2-4-7-14;/h2-9,11,13,17H,10,12,20H2,1H3,(H,21,22);1H/t13?,17-;/m0./s1. The Balaban J connectivity index is 0.00000288. The highest BCUT2D eigenvalue weighted by atomic mass is 35.5. The first-order chi connectivity index (χ1) is 11.0. The maximum absolute atomic E-state index is 13.1. The predicted octanol–water partition coefficient (Wildman–Crippen LogP) is 2.70. The Morgan fingerprint density at radius 3 is 2.58 bits per heavy atom. The Morgan fingerprint density at radius 2 is 1.92 bits per heavy atom. The van der Waals surface area contributed by atoms with Gasteiger partial charge in [-0.1, -0.05) is 36.4 Å². The van der Waals surface area contributed by atoms with Crippen LogP contribution in [0.1, 0.15) is 12.5 Å². The maximum atomic E-state index is 13.1. The summed E-state index contributed by atoms with van der Waals surface area (Å²) < 4.78 is 18.6. The van der Waals surface area contributed by atoms with Crippen LogP contribution in [0.15, 0.2) is 54.6 Å².